The zero-order valence-electron chi connectivity index (χ0n) is 12.4. The van der Waals surface area contributed by atoms with Gasteiger partial charge in [-0.1, -0.05) is 29.8 Å². The summed E-state index contributed by atoms with van der Waals surface area (Å²) in [6.07, 6.45) is 0. The van der Waals surface area contributed by atoms with Gasteiger partial charge in [0.05, 0.1) is 7.11 Å². The minimum Gasteiger partial charge on any atom is -0.497 e. The summed E-state index contributed by atoms with van der Waals surface area (Å²) < 4.78 is 18.2. The van der Waals surface area contributed by atoms with Crippen molar-refractivity contribution in [3.8, 4) is 5.75 Å². The summed E-state index contributed by atoms with van der Waals surface area (Å²) in [5.74, 6) is 0.514. The largest absolute Gasteiger partial charge is 0.497 e. The van der Waals surface area contributed by atoms with Crippen LogP contribution < -0.4 is 10.1 Å². The van der Waals surface area contributed by atoms with Crippen molar-refractivity contribution < 1.29 is 9.13 Å². The van der Waals surface area contributed by atoms with E-state index in [4.69, 9.17) is 16.3 Å². The molecular weight excluding hydrogens is 289 g/mol. The maximum atomic E-state index is 13.1. The molecule has 0 radical (unpaired) electrons. The van der Waals surface area contributed by atoms with Gasteiger partial charge in [-0.2, -0.15) is 0 Å². The van der Waals surface area contributed by atoms with Crippen LogP contribution in [0, 0.1) is 5.82 Å². The van der Waals surface area contributed by atoms with E-state index in [1.165, 1.54) is 12.1 Å². The third-order valence-electron chi connectivity index (χ3n) is 3.54. The Labute approximate surface area is 129 Å². The summed E-state index contributed by atoms with van der Waals surface area (Å²) in [7, 11) is 1.65. The second-order valence-electron chi connectivity index (χ2n) is 5.05. The van der Waals surface area contributed by atoms with Gasteiger partial charge in [0.15, 0.2) is 0 Å². The molecule has 0 aromatic heterocycles. The average molecular weight is 308 g/mol. The second kappa shape index (κ2) is 6.92. The highest BCUT2D eigenvalue weighted by atomic mass is 35.5. The van der Waals surface area contributed by atoms with Gasteiger partial charge in [-0.05, 0) is 49.2 Å². The van der Waals surface area contributed by atoms with Gasteiger partial charge in [-0.15, -0.1) is 0 Å². The molecule has 2 atom stereocenters. The molecular formula is C17H19ClFNO. The monoisotopic (exact) mass is 307 g/mol. The molecule has 0 saturated carbocycles. The van der Waals surface area contributed by atoms with Gasteiger partial charge in [0.1, 0.15) is 11.6 Å². The van der Waals surface area contributed by atoms with Crippen LogP contribution in [0.1, 0.15) is 37.1 Å². The van der Waals surface area contributed by atoms with Gasteiger partial charge in [0.25, 0.3) is 0 Å². The molecule has 2 rings (SSSR count). The molecule has 0 amide bonds. The van der Waals surface area contributed by atoms with Crippen molar-refractivity contribution in [1.82, 2.24) is 5.32 Å². The Balaban J connectivity index is 2.08. The lowest BCUT2D eigenvalue weighted by Crippen LogP contribution is -2.22. The number of rotatable bonds is 5. The molecule has 2 unspecified atom stereocenters. The van der Waals surface area contributed by atoms with Crippen LogP contribution in [-0.2, 0) is 0 Å². The zero-order valence-corrected chi connectivity index (χ0v) is 13.1. The average Bonchev–Trinajstić information content (AvgIpc) is 2.47. The molecule has 1 N–H and O–H groups in total. The number of nitrogens with one attached hydrogen (secondary N) is 1. The van der Waals surface area contributed by atoms with E-state index in [1.807, 2.05) is 31.2 Å². The van der Waals surface area contributed by atoms with Gasteiger partial charge in [0.2, 0.25) is 0 Å². The van der Waals surface area contributed by atoms with Crippen LogP contribution >= 0.6 is 11.6 Å². The Kier molecular flexibility index (Phi) is 5.21. The van der Waals surface area contributed by atoms with Crippen LogP contribution in [0.15, 0.2) is 42.5 Å². The lowest BCUT2D eigenvalue weighted by molar-refractivity contribution is 0.414. The lowest BCUT2D eigenvalue weighted by atomic mass is 10.0. The van der Waals surface area contributed by atoms with E-state index in [9.17, 15) is 4.39 Å². The van der Waals surface area contributed by atoms with E-state index in [0.29, 0.717) is 5.02 Å². The molecule has 0 aliphatic heterocycles. The van der Waals surface area contributed by atoms with Gasteiger partial charge >= 0.3 is 0 Å². The van der Waals surface area contributed by atoms with Crippen LogP contribution in [0.3, 0.4) is 0 Å². The van der Waals surface area contributed by atoms with Crippen LogP contribution in [-0.4, -0.2) is 7.11 Å². The first kappa shape index (κ1) is 15.8. The fourth-order valence-electron chi connectivity index (χ4n) is 2.31. The highest BCUT2D eigenvalue weighted by Gasteiger charge is 2.14. The van der Waals surface area contributed by atoms with Crippen molar-refractivity contribution >= 4 is 11.6 Å². The fourth-order valence-corrected chi connectivity index (χ4v) is 2.64. The number of ether oxygens (including phenoxy) is 1. The van der Waals surface area contributed by atoms with Crippen molar-refractivity contribution in [1.29, 1.82) is 0 Å². The third kappa shape index (κ3) is 3.96. The molecule has 2 aromatic rings. The van der Waals surface area contributed by atoms with Crippen molar-refractivity contribution in [2.45, 2.75) is 25.9 Å². The molecule has 2 aromatic carbocycles. The Morgan fingerprint density at radius 3 is 2.29 bits per heavy atom. The summed E-state index contributed by atoms with van der Waals surface area (Å²) >= 11 is 6.10. The molecule has 0 aliphatic rings. The standard InChI is InChI=1S/C17H19ClFNO/c1-11(13-4-7-15(21-3)8-5-13)20-12(2)16-9-6-14(19)10-17(16)18/h4-12,20H,1-3H3. The van der Waals surface area contributed by atoms with Gasteiger partial charge in [0, 0.05) is 17.1 Å². The molecule has 0 aliphatic carbocycles. The van der Waals surface area contributed by atoms with E-state index in [2.05, 4.69) is 12.2 Å². The number of hydrogen-bond donors (Lipinski definition) is 1. The van der Waals surface area contributed by atoms with E-state index in [1.54, 1.807) is 13.2 Å². The minimum absolute atomic E-state index is 0.0233. The smallest absolute Gasteiger partial charge is 0.124 e. The van der Waals surface area contributed by atoms with Crippen LogP contribution in [0.2, 0.25) is 5.02 Å². The predicted octanol–water partition coefficient (Wildman–Crippen LogP) is 4.90. The number of hydrogen-bond acceptors (Lipinski definition) is 2. The van der Waals surface area contributed by atoms with E-state index in [0.717, 1.165) is 16.9 Å². The first-order valence-corrected chi connectivity index (χ1v) is 7.24. The normalized spacial score (nSPS) is 13.8. The SMILES string of the molecule is COc1ccc(C(C)NC(C)c2ccc(F)cc2Cl)cc1. The third-order valence-corrected chi connectivity index (χ3v) is 3.87. The predicted molar refractivity (Wildman–Crippen MR) is 84.4 cm³/mol. The fraction of sp³-hybridized carbons (Fsp3) is 0.294. The van der Waals surface area contributed by atoms with Gasteiger partial charge < -0.3 is 10.1 Å². The first-order chi connectivity index (χ1) is 10.0. The van der Waals surface area contributed by atoms with Crippen LogP contribution in [0.25, 0.3) is 0 Å². The summed E-state index contributed by atoms with van der Waals surface area (Å²) in [5.41, 5.74) is 2.04. The molecule has 0 spiro atoms. The molecule has 4 heteroatoms. The molecule has 0 heterocycles. The number of halogens is 2. The van der Waals surface area contributed by atoms with E-state index < -0.39 is 0 Å². The van der Waals surface area contributed by atoms with Crippen LogP contribution in [0.4, 0.5) is 4.39 Å². The minimum atomic E-state index is -0.320. The zero-order chi connectivity index (χ0) is 15.4. The molecule has 0 fully saturated rings. The summed E-state index contributed by atoms with van der Waals surface area (Å²) in [5, 5.41) is 3.90. The molecule has 0 bridgehead atoms. The maximum absolute atomic E-state index is 13.1. The Morgan fingerprint density at radius 2 is 1.71 bits per heavy atom. The maximum Gasteiger partial charge on any atom is 0.124 e. The summed E-state index contributed by atoms with van der Waals surface area (Å²) in [6.45, 7) is 4.09. The summed E-state index contributed by atoms with van der Waals surface area (Å²) in [4.78, 5) is 0. The number of methoxy groups -OCH3 is 1. The second-order valence-corrected chi connectivity index (χ2v) is 5.46. The van der Waals surface area contributed by atoms with Crippen molar-refractivity contribution in [3.63, 3.8) is 0 Å². The van der Waals surface area contributed by atoms with Crippen LogP contribution in [0.5, 0.6) is 5.75 Å². The molecule has 112 valence electrons. The first-order valence-electron chi connectivity index (χ1n) is 6.86. The molecule has 21 heavy (non-hydrogen) atoms. The van der Waals surface area contributed by atoms with Gasteiger partial charge in [-0.25, -0.2) is 4.39 Å². The van der Waals surface area contributed by atoms with Crippen molar-refractivity contribution in [2.24, 2.45) is 0 Å². The lowest BCUT2D eigenvalue weighted by Gasteiger charge is -2.21. The quantitative estimate of drug-likeness (QED) is 0.848. The Morgan fingerprint density at radius 1 is 1.05 bits per heavy atom. The highest BCUT2D eigenvalue weighted by Crippen LogP contribution is 2.26. The summed E-state index contributed by atoms with van der Waals surface area (Å²) in [6, 6.07) is 12.6. The van der Waals surface area contributed by atoms with Crippen molar-refractivity contribution in [2.75, 3.05) is 7.11 Å². The highest BCUT2D eigenvalue weighted by molar-refractivity contribution is 6.31. The van der Waals surface area contributed by atoms with E-state index in [-0.39, 0.29) is 17.9 Å². The topological polar surface area (TPSA) is 21.3 Å². The van der Waals surface area contributed by atoms with Gasteiger partial charge in [-0.3, -0.25) is 0 Å². The van der Waals surface area contributed by atoms with E-state index >= 15 is 0 Å². The van der Waals surface area contributed by atoms with Crippen molar-refractivity contribution in [3.05, 3.63) is 64.4 Å². The molecule has 0 saturated heterocycles. The molecule has 2 nitrogen and oxygen atoms in total. The Hall–Kier alpha value is -1.58. The Bertz CT molecular complexity index is 600. The number of benzene rings is 2.